The van der Waals surface area contributed by atoms with E-state index in [4.69, 9.17) is 13.7 Å². The van der Waals surface area contributed by atoms with Crippen LogP contribution in [0.2, 0.25) is 0 Å². The molecule has 2 aromatic carbocycles. The topological polar surface area (TPSA) is 61.8 Å². The number of methoxy groups -OCH3 is 1. The molecule has 0 aliphatic rings. The van der Waals surface area contributed by atoms with E-state index >= 15 is 0 Å². The average molecular weight is 448 g/mol. The molecule has 0 aromatic heterocycles. The van der Waals surface area contributed by atoms with Crippen molar-refractivity contribution in [2.24, 2.45) is 0 Å². The normalized spacial score (nSPS) is 11.3. The zero-order valence-corrected chi connectivity index (χ0v) is 15.8. The summed E-state index contributed by atoms with van der Waals surface area (Å²) in [7, 11) is -2.28. The summed E-state index contributed by atoms with van der Waals surface area (Å²) in [5.74, 6) is 0.902. The fourth-order valence-corrected chi connectivity index (χ4v) is 3.22. The predicted octanol–water partition coefficient (Wildman–Crippen LogP) is 3.39. The zero-order chi connectivity index (χ0) is 16.9. The van der Waals surface area contributed by atoms with E-state index in [2.05, 4.69) is 22.6 Å². The fourth-order valence-electron chi connectivity index (χ4n) is 1.84. The SMILES string of the molecule is COCCOc1ccc(S(=O)(=O)Oc2ccc(I)cc2)cc1C. The van der Waals surface area contributed by atoms with Crippen LogP contribution in [0.4, 0.5) is 0 Å². The number of aryl methyl sites for hydroxylation is 1. The summed E-state index contributed by atoms with van der Waals surface area (Å²) in [6, 6.07) is 11.4. The van der Waals surface area contributed by atoms with Crippen LogP contribution in [0.15, 0.2) is 47.4 Å². The summed E-state index contributed by atoms with van der Waals surface area (Å²) in [4.78, 5) is 0.0904. The molecule has 5 nitrogen and oxygen atoms in total. The zero-order valence-electron chi connectivity index (χ0n) is 12.8. The highest BCUT2D eigenvalue weighted by atomic mass is 127. The van der Waals surface area contributed by atoms with Gasteiger partial charge >= 0.3 is 10.1 Å². The van der Waals surface area contributed by atoms with E-state index in [0.29, 0.717) is 24.5 Å². The summed E-state index contributed by atoms with van der Waals surface area (Å²) >= 11 is 2.14. The van der Waals surface area contributed by atoms with Crippen LogP contribution in [0.25, 0.3) is 0 Å². The number of hydrogen-bond acceptors (Lipinski definition) is 5. The number of hydrogen-bond donors (Lipinski definition) is 0. The van der Waals surface area contributed by atoms with E-state index in [-0.39, 0.29) is 10.6 Å². The maximum absolute atomic E-state index is 12.3. The molecule has 0 N–H and O–H groups in total. The summed E-state index contributed by atoms with van der Waals surface area (Å²) < 4.78 is 41.2. The van der Waals surface area contributed by atoms with Crippen molar-refractivity contribution in [3.05, 3.63) is 51.6 Å². The van der Waals surface area contributed by atoms with Crippen molar-refractivity contribution in [3.63, 3.8) is 0 Å². The Labute approximate surface area is 149 Å². The fraction of sp³-hybridized carbons (Fsp3) is 0.250. The second-order valence-corrected chi connectivity index (χ2v) is 7.55. The van der Waals surface area contributed by atoms with Gasteiger partial charge in [-0.25, -0.2) is 0 Å². The van der Waals surface area contributed by atoms with Gasteiger partial charge in [-0.3, -0.25) is 0 Å². The molecule has 0 fully saturated rings. The monoisotopic (exact) mass is 448 g/mol. The first-order chi connectivity index (χ1) is 10.9. The van der Waals surface area contributed by atoms with Crippen molar-refractivity contribution in [1.29, 1.82) is 0 Å². The molecule has 0 unspecified atom stereocenters. The third-order valence-corrected chi connectivity index (χ3v) is 4.96. The molecule has 0 radical (unpaired) electrons. The van der Waals surface area contributed by atoms with Crippen LogP contribution in [-0.2, 0) is 14.9 Å². The number of halogens is 1. The molecule has 0 amide bonds. The lowest BCUT2D eigenvalue weighted by molar-refractivity contribution is 0.146. The Morgan fingerprint density at radius 2 is 1.74 bits per heavy atom. The minimum atomic E-state index is -3.87. The van der Waals surface area contributed by atoms with Crippen molar-refractivity contribution >= 4 is 32.7 Å². The third kappa shape index (κ3) is 5.08. The lowest BCUT2D eigenvalue weighted by atomic mass is 10.2. The van der Waals surface area contributed by atoms with Crippen molar-refractivity contribution < 1.29 is 22.1 Å². The highest BCUT2D eigenvalue weighted by molar-refractivity contribution is 14.1. The molecule has 0 heterocycles. The lowest BCUT2D eigenvalue weighted by Gasteiger charge is -2.11. The summed E-state index contributed by atoms with van der Waals surface area (Å²) in [6.45, 7) is 2.66. The minimum Gasteiger partial charge on any atom is -0.491 e. The second-order valence-electron chi connectivity index (χ2n) is 4.76. The van der Waals surface area contributed by atoms with Crippen LogP contribution in [0.1, 0.15) is 5.56 Å². The van der Waals surface area contributed by atoms with E-state index in [9.17, 15) is 8.42 Å². The molecule has 0 saturated heterocycles. The molecule has 2 rings (SSSR count). The molecular formula is C16H17IO5S. The van der Waals surface area contributed by atoms with E-state index in [1.54, 1.807) is 44.4 Å². The van der Waals surface area contributed by atoms with E-state index < -0.39 is 10.1 Å². The number of benzene rings is 2. The van der Waals surface area contributed by atoms with Gasteiger partial charge in [-0.1, -0.05) is 0 Å². The third-order valence-electron chi connectivity index (χ3n) is 3.00. The minimum absolute atomic E-state index is 0.0904. The molecular weight excluding hydrogens is 431 g/mol. The van der Waals surface area contributed by atoms with Crippen LogP contribution in [0.3, 0.4) is 0 Å². The van der Waals surface area contributed by atoms with Gasteiger partial charge in [0.25, 0.3) is 0 Å². The van der Waals surface area contributed by atoms with Gasteiger partial charge in [-0.15, -0.1) is 0 Å². The van der Waals surface area contributed by atoms with Gasteiger partial charge in [-0.05, 0) is 77.5 Å². The first-order valence-corrected chi connectivity index (χ1v) is 9.33. The molecule has 2 aromatic rings. The molecule has 0 aliphatic carbocycles. The maximum atomic E-state index is 12.3. The smallest absolute Gasteiger partial charge is 0.339 e. The van der Waals surface area contributed by atoms with E-state index in [1.807, 2.05) is 0 Å². The summed E-state index contributed by atoms with van der Waals surface area (Å²) in [6.07, 6.45) is 0. The van der Waals surface area contributed by atoms with Gasteiger partial charge < -0.3 is 13.7 Å². The highest BCUT2D eigenvalue weighted by Gasteiger charge is 2.18. The quantitative estimate of drug-likeness (QED) is 0.369. The molecule has 0 aliphatic heterocycles. The Hall–Kier alpha value is -1.32. The summed E-state index contributed by atoms with van der Waals surface area (Å²) in [5, 5.41) is 0. The molecule has 0 saturated carbocycles. The number of rotatable bonds is 7. The molecule has 7 heteroatoms. The van der Waals surface area contributed by atoms with Crippen molar-refractivity contribution in [2.45, 2.75) is 11.8 Å². The van der Waals surface area contributed by atoms with Gasteiger partial charge in [0, 0.05) is 10.7 Å². The summed E-state index contributed by atoms with van der Waals surface area (Å²) in [5.41, 5.74) is 0.716. The first kappa shape index (κ1) is 18.0. The van der Waals surface area contributed by atoms with Crippen LogP contribution in [-0.4, -0.2) is 28.7 Å². The number of ether oxygens (including phenoxy) is 2. The highest BCUT2D eigenvalue weighted by Crippen LogP contribution is 2.24. The van der Waals surface area contributed by atoms with Crippen molar-refractivity contribution in [2.75, 3.05) is 20.3 Å². The van der Waals surface area contributed by atoms with Crippen molar-refractivity contribution in [1.82, 2.24) is 0 Å². The van der Waals surface area contributed by atoms with Gasteiger partial charge in [-0.2, -0.15) is 8.42 Å². The van der Waals surface area contributed by atoms with Gasteiger partial charge in [0.2, 0.25) is 0 Å². The largest absolute Gasteiger partial charge is 0.491 e. The first-order valence-electron chi connectivity index (χ1n) is 6.85. The Morgan fingerprint density at radius 1 is 1.04 bits per heavy atom. The Kier molecular flexibility index (Phi) is 6.25. The van der Waals surface area contributed by atoms with Crippen LogP contribution < -0.4 is 8.92 Å². The molecule has 0 atom stereocenters. The lowest BCUT2D eigenvalue weighted by Crippen LogP contribution is -2.11. The van der Waals surface area contributed by atoms with Crippen LogP contribution in [0, 0.1) is 10.5 Å². The Balaban J connectivity index is 2.16. The maximum Gasteiger partial charge on any atom is 0.339 e. The van der Waals surface area contributed by atoms with Crippen LogP contribution in [0.5, 0.6) is 11.5 Å². The average Bonchev–Trinajstić information content (AvgIpc) is 2.51. The van der Waals surface area contributed by atoms with E-state index in [0.717, 1.165) is 3.57 Å². The standard InChI is InChI=1S/C16H17IO5S/c1-12-11-15(7-8-16(12)21-10-9-20-2)23(18,19)22-14-5-3-13(17)4-6-14/h3-8,11H,9-10H2,1-2H3. The Bertz CT molecular complexity index is 757. The van der Waals surface area contributed by atoms with Gasteiger partial charge in [0.15, 0.2) is 0 Å². The second kappa shape index (κ2) is 7.98. The van der Waals surface area contributed by atoms with Gasteiger partial charge in [0.05, 0.1) is 6.61 Å². The predicted molar refractivity (Wildman–Crippen MR) is 95.5 cm³/mol. The molecule has 23 heavy (non-hydrogen) atoms. The van der Waals surface area contributed by atoms with Crippen LogP contribution >= 0.6 is 22.6 Å². The molecule has 0 bridgehead atoms. The van der Waals surface area contributed by atoms with Crippen molar-refractivity contribution in [3.8, 4) is 11.5 Å². The van der Waals surface area contributed by atoms with E-state index in [1.165, 1.54) is 12.1 Å². The Morgan fingerprint density at radius 3 is 2.35 bits per heavy atom. The molecule has 124 valence electrons. The van der Waals surface area contributed by atoms with Gasteiger partial charge in [0.1, 0.15) is 23.0 Å². The molecule has 0 spiro atoms.